The largest absolute Gasteiger partial charge is 0.357 e. The molecule has 1 heterocycles. The van der Waals surface area contributed by atoms with Crippen LogP contribution in [0.2, 0.25) is 0 Å². The van der Waals surface area contributed by atoms with Gasteiger partial charge in [0, 0.05) is 12.3 Å². The Morgan fingerprint density at radius 3 is 2.41 bits per heavy atom. The topological polar surface area (TPSA) is 26.3 Å². The fourth-order valence-corrected chi connectivity index (χ4v) is 6.26. The minimum absolute atomic E-state index is 0.185. The maximum Gasteiger partial charge on any atom is 0.168 e. The molecule has 3 fully saturated rings. The van der Waals surface area contributed by atoms with Crippen molar-refractivity contribution in [3.8, 4) is 0 Å². The van der Waals surface area contributed by atoms with Crippen molar-refractivity contribution in [2.45, 2.75) is 84.3 Å². The van der Waals surface area contributed by atoms with Gasteiger partial charge in [-0.3, -0.25) is 4.79 Å². The van der Waals surface area contributed by atoms with Crippen molar-refractivity contribution in [2.24, 2.45) is 22.7 Å². The molecule has 22 heavy (non-hydrogen) atoms. The van der Waals surface area contributed by atoms with Crippen LogP contribution in [0.3, 0.4) is 0 Å². The molecule has 2 heteroatoms. The monoisotopic (exact) mass is 304 g/mol. The van der Waals surface area contributed by atoms with E-state index in [1.165, 1.54) is 25.7 Å². The summed E-state index contributed by atoms with van der Waals surface area (Å²) in [4.78, 5) is 12.7. The van der Waals surface area contributed by atoms with Crippen molar-refractivity contribution >= 4 is 5.78 Å². The lowest BCUT2D eigenvalue weighted by atomic mass is 9.44. The molecule has 1 aliphatic heterocycles. The number of hydrogen-bond acceptors (Lipinski definition) is 2. The van der Waals surface area contributed by atoms with Gasteiger partial charge in [-0.05, 0) is 56.3 Å². The van der Waals surface area contributed by atoms with Gasteiger partial charge >= 0.3 is 0 Å². The van der Waals surface area contributed by atoms with Crippen molar-refractivity contribution in [1.29, 1.82) is 0 Å². The van der Waals surface area contributed by atoms with Gasteiger partial charge in [-0.1, -0.05) is 39.8 Å². The summed E-state index contributed by atoms with van der Waals surface area (Å²) in [5, 5.41) is 0. The predicted octanol–water partition coefficient (Wildman–Crippen LogP) is 4.92. The maximum absolute atomic E-state index is 12.7. The molecule has 5 atom stereocenters. The second kappa shape index (κ2) is 4.69. The zero-order valence-corrected chi connectivity index (χ0v) is 15.0. The summed E-state index contributed by atoms with van der Waals surface area (Å²) in [6, 6.07) is 0. The SMILES string of the molecule is C=C[C@@]1(C)O[C@]2(C)CC[C@H]3C(C)(C)CCC[C@]3(C)[C@H]2CC1=O. The van der Waals surface area contributed by atoms with E-state index in [-0.39, 0.29) is 16.8 Å². The van der Waals surface area contributed by atoms with Gasteiger partial charge in [-0.2, -0.15) is 0 Å². The van der Waals surface area contributed by atoms with Gasteiger partial charge in [-0.25, -0.2) is 0 Å². The van der Waals surface area contributed by atoms with E-state index in [0.29, 0.717) is 23.7 Å². The summed E-state index contributed by atoms with van der Waals surface area (Å²) in [5.41, 5.74) is -0.363. The van der Waals surface area contributed by atoms with Crippen LogP contribution in [0.4, 0.5) is 0 Å². The average molecular weight is 304 g/mol. The summed E-state index contributed by atoms with van der Waals surface area (Å²) in [7, 11) is 0. The van der Waals surface area contributed by atoms with Gasteiger partial charge in [0.1, 0.15) is 5.60 Å². The molecule has 0 N–H and O–H groups in total. The van der Waals surface area contributed by atoms with Crippen molar-refractivity contribution in [1.82, 2.24) is 0 Å². The van der Waals surface area contributed by atoms with Gasteiger partial charge in [-0.15, -0.1) is 0 Å². The van der Waals surface area contributed by atoms with Crippen LogP contribution < -0.4 is 0 Å². The standard InChI is InChI=1S/C20H32O2/c1-7-19(5)16(21)13-15-18(4)11-8-10-17(2,3)14(18)9-12-20(15,6)22-19/h7,14-15H,1,8-13H2,2-6H3/t14-,15+,18-,19+,20+/m0/s1. The van der Waals surface area contributed by atoms with Crippen molar-refractivity contribution < 1.29 is 9.53 Å². The molecule has 0 radical (unpaired) electrons. The van der Waals surface area contributed by atoms with Crippen molar-refractivity contribution in [3.63, 3.8) is 0 Å². The lowest BCUT2D eigenvalue weighted by molar-refractivity contribution is -0.242. The van der Waals surface area contributed by atoms with Crippen LogP contribution in [0.1, 0.15) is 73.1 Å². The normalized spacial score (nSPS) is 50.9. The number of ketones is 1. The Kier molecular flexibility index (Phi) is 3.46. The molecule has 3 rings (SSSR count). The summed E-state index contributed by atoms with van der Waals surface area (Å²) in [5.74, 6) is 1.27. The van der Waals surface area contributed by atoms with Crippen LogP contribution in [0, 0.1) is 22.7 Å². The summed E-state index contributed by atoms with van der Waals surface area (Å²) >= 11 is 0. The van der Waals surface area contributed by atoms with E-state index in [9.17, 15) is 4.79 Å². The predicted molar refractivity (Wildman–Crippen MR) is 89.7 cm³/mol. The molecule has 0 aromatic carbocycles. The first-order valence-corrected chi connectivity index (χ1v) is 8.94. The Bertz CT molecular complexity index is 508. The van der Waals surface area contributed by atoms with E-state index in [4.69, 9.17) is 4.74 Å². The molecule has 0 aromatic heterocycles. The molecular weight excluding hydrogens is 272 g/mol. The third-order valence-electron chi connectivity index (χ3n) is 7.52. The van der Waals surface area contributed by atoms with Crippen molar-refractivity contribution in [3.05, 3.63) is 12.7 Å². The van der Waals surface area contributed by atoms with Crippen LogP contribution in [0.5, 0.6) is 0 Å². The summed E-state index contributed by atoms with van der Waals surface area (Å²) in [6.07, 6.45) is 8.48. The highest BCUT2D eigenvalue weighted by Crippen LogP contribution is 2.65. The van der Waals surface area contributed by atoms with Crippen LogP contribution in [0.15, 0.2) is 12.7 Å². The second-order valence-electron chi connectivity index (χ2n) is 9.35. The van der Waals surface area contributed by atoms with Gasteiger partial charge in [0.15, 0.2) is 5.78 Å². The molecule has 0 amide bonds. The number of hydrogen-bond donors (Lipinski definition) is 0. The quantitative estimate of drug-likeness (QED) is 0.643. The molecule has 124 valence electrons. The Labute approximate surface area is 135 Å². The van der Waals surface area contributed by atoms with E-state index in [0.717, 1.165) is 6.42 Å². The smallest absolute Gasteiger partial charge is 0.168 e. The molecular formula is C20H32O2. The molecule has 2 nitrogen and oxygen atoms in total. The van der Waals surface area contributed by atoms with E-state index >= 15 is 0 Å². The number of Topliss-reactive ketones (excluding diaryl/α,β-unsaturated/α-hetero) is 1. The van der Waals surface area contributed by atoms with Gasteiger partial charge in [0.05, 0.1) is 5.60 Å². The van der Waals surface area contributed by atoms with Crippen LogP contribution in [0.25, 0.3) is 0 Å². The first-order chi connectivity index (χ1) is 10.1. The van der Waals surface area contributed by atoms with Gasteiger partial charge in [0.2, 0.25) is 0 Å². The highest BCUT2D eigenvalue weighted by molar-refractivity contribution is 5.90. The molecule has 0 bridgehead atoms. The summed E-state index contributed by atoms with van der Waals surface area (Å²) in [6.45, 7) is 15.3. The molecule has 2 saturated carbocycles. The highest BCUT2D eigenvalue weighted by Gasteiger charge is 2.63. The lowest BCUT2D eigenvalue weighted by Crippen LogP contribution is -2.64. The molecule has 2 aliphatic carbocycles. The number of carbonyl (C=O) groups is 1. The van der Waals surface area contributed by atoms with Gasteiger partial charge < -0.3 is 4.74 Å². The lowest BCUT2D eigenvalue weighted by Gasteiger charge is -2.64. The first kappa shape index (κ1) is 16.2. The maximum atomic E-state index is 12.7. The zero-order valence-electron chi connectivity index (χ0n) is 15.0. The fourth-order valence-electron chi connectivity index (χ4n) is 6.26. The van der Waals surface area contributed by atoms with Crippen LogP contribution in [-0.4, -0.2) is 17.0 Å². The number of fused-ring (bicyclic) bond motifs is 3. The first-order valence-electron chi connectivity index (χ1n) is 8.94. The van der Waals surface area contributed by atoms with E-state index < -0.39 is 5.60 Å². The molecule has 0 unspecified atom stereocenters. The van der Waals surface area contributed by atoms with Gasteiger partial charge in [0.25, 0.3) is 0 Å². The Morgan fingerprint density at radius 1 is 1.09 bits per heavy atom. The third-order valence-corrected chi connectivity index (χ3v) is 7.52. The van der Waals surface area contributed by atoms with Crippen molar-refractivity contribution in [2.75, 3.05) is 0 Å². The molecule has 0 spiro atoms. The van der Waals surface area contributed by atoms with Crippen LogP contribution >= 0.6 is 0 Å². The van der Waals surface area contributed by atoms with E-state index in [2.05, 4.69) is 34.3 Å². The third kappa shape index (κ3) is 2.06. The Hall–Kier alpha value is -0.630. The fraction of sp³-hybridized carbons (Fsp3) is 0.850. The number of ether oxygens (including phenoxy) is 1. The Balaban J connectivity index is 2.00. The molecule has 1 saturated heterocycles. The minimum atomic E-state index is -0.793. The second-order valence-corrected chi connectivity index (χ2v) is 9.35. The highest BCUT2D eigenvalue weighted by atomic mass is 16.5. The van der Waals surface area contributed by atoms with E-state index in [1.54, 1.807) is 6.08 Å². The summed E-state index contributed by atoms with van der Waals surface area (Å²) < 4.78 is 6.44. The average Bonchev–Trinajstić information content (AvgIpc) is 2.40. The zero-order chi connectivity index (χ0) is 16.4. The number of carbonyl (C=O) groups excluding carboxylic acids is 1. The number of rotatable bonds is 1. The molecule has 0 aromatic rings. The Morgan fingerprint density at radius 2 is 1.77 bits per heavy atom. The van der Waals surface area contributed by atoms with Crippen LogP contribution in [-0.2, 0) is 9.53 Å². The minimum Gasteiger partial charge on any atom is -0.357 e. The van der Waals surface area contributed by atoms with E-state index in [1.807, 2.05) is 6.92 Å². The molecule has 3 aliphatic rings.